The first-order valence-corrected chi connectivity index (χ1v) is 6.39. The second-order valence-corrected chi connectivity index (χ2v) is 5.20. The number of halogens is 2. The van der Waals surface area contributed by atoms with Gasteiger partial charge in [-0.05, 0) is 35.6 Å². The van der Waals surface area contributed by atoms with Gasteiger partial charge in [0.25, 0.3) is 0 Å². The molecule has 2 rings (SSSR count). The second-order valence-electron chi connectivity index (χ2n) is 3.92. The van der Waals surface area contributed by atoms with E-state index in [4.69, 9.17) is 23.2 Å². The maximum absolute atomic E-state index is 5.73. The molecule has 0 fully saturated rings. The Morgan fingerprint density at radius 3 is 2.50 bits per heavy atom. The topological polar surface area (TPSA) is 0 Å². The molecule has 84 valence electrons. The van der Waals surface area contributed by atoms with Crippen LogP contribution in [0.1, 0.15) is 18.4 Å². The number of benzene rings is 2. The average molecular weight is 253 g/mol. The van der Waals surface area contributed by atoms with Crippen LogP contribution in [0.15, 0.2) is 42.5 Å². The first-order valence-electron chi connectivity index (χ1n) is 5.52. The summed E-state index contributed by atoms with van der Waals surface area (Å²) in [6.07, 6.45) is 2.93. The summed E-state index contributed by atoms with van der Waals surface area (Å²) in [7, 11) is 0. The Morgan fingerprint density at radius 2 is 1.69 bits per heavy atom. The van der Waals surface area contributed by atoms with Crippen molar-refractivity contribution in [3.63, 3.8) is 0 Å². The predicted octanol–water partition coefficient (Wildman–Crippen LogP) is 4.97. The van der Waals surface area contributed by atoms with E-state index in [1.165, 1.54) is 16.3 Å². The van der Waals surface area contributed by atoms with Crippen LogP contribution in [-0.2, 0) is 6.42 Å². The molecule has 0 saturated carbocycles. The fourth-order valence-corrected chi connectivity index (χ4v) is 2.27. The highest BCUT2D eigenvalue weighted by atomic mass is 35.5. The van der Waals surface area contributed by atoms with Gasteiger partial charge < -0.3 is 0 Å². The van der Waals surface area contributed by atoms with Gasteiger partial charge in [-0.1, -0.05) is 42.5 Å². The van der Waals surface area contributed by atoms with Crippen LogP contribution in [0.25, 0.3) is 10.8 Å². The first-order chi connectivity index (χ1) is 7.77. The van der Waals surface area contributed by atoms with Crippen molar-refractivity contribution in [2.75, 3.05) is 0 Å². The van der Waals surface area contributed by atoms with Crippen LogP contribution in [0.5, 0.6) is 0 Å². The van der Waals surface area contributed by atoms with E-state index >= 15 is 0 Å². The third kappa shape index (κ3) is 2.90. The Hall–Kier alpha value is -0.720. The molecule has 0 spiro atoms. The number of fused-ring (bicyclic) bond motifs is 1. The van der Waals surface area contributed by atoms with Gasteiger partial charge in [0.15, 0.2) is 0 Å². The van der Waals surface area contributed by atoms with E-state index < -0.39 is 0 Å². The molecule has 2 heteroatoms. The molecule has 0 aromatic heterocycles. The molecular formula is C14H14Cl2. The van der Waals surface area contributed by atoms with Gasteiger partial charge in [0, 0.05) is 0 Å². The van der Waals surface area contributed by atoms with Crippen LogP contribution in [0.4, 0.5) is 0 Å². The van der Waals surface area contributed by atoms with E-state index in [1.807, 2.05) is 0 Å². The highest BCUT2D eigenvalue weighted by molar-refractivity contribution is 6.44. The highest BCUT2D eigenvalue weighted by Gasteiger charge is 2.02. The van der Waals surface area contributed by atoms with Gasteiger partial charge in [-0.15, -0.1) is 23.2 Å². The minimum atomic E-state index is -0.241. The van der Waals surface area contributed by atoms with Crippen LogP contribution in [0.3, 0.4) is 0 Å². The van der Waals surface area contributed by atoms with Crippen molar-refractivity contribution < 1.29 is 0 Å². The standard InChI is InChI=1S/C14H14Cl2/c15-14(16)10-4-8-12-7-3-6-11-5-1-2-9-13(11)12/h1-3,5-7,9,14H,4,8,10H2. The summed E-state index contributed by atoms with van der Waals surface area (Å²) in [4.78, 5) is -0.241. The molecule has 0 aliphatic rings. The van der Waals surface area contributed by atoms with E-state index in [0.717, 1.165) is 19.3 Å². The van der Waals surface area contributed by atoms with Crippen LogP contribution in [-0.4, -0.2) is 4.84 Å². The zero-order chi connectivity index (χ0) is 11.4. The van der Waals surface area contributed by atoms with Crippen molar-refractivity contribution in [1.82, 2.24) is 0 Å². The maximum Gasteiger partial charge on any atom is 0.107 e. The molecule has 0 radical (unpaired) electrons. The van der Waals surface area contributed by atoms with Crippen molar-refractivity contribution in [2.45, 2.75) is 24.1 Å². The molecule has 0 aliphatic heterocycles. The summed E-state index contributed by atoms with van der Waals surface area (Å²) >= 11 is 11.5. The quantitative estimate of drug-likeness (QED) is 0.675. The molecule has 0 N–H and O–H groups in total. The van der Waals surface area contributed by atoms with Gasteiger partial charge in [0.05, 0.1) is 0 Å². The summed E-state index contributed by atoms with van der Waals surface area (Å²) in [5.41, 5.74) is 1.38. The Morgan fingerprint density at radius 1 is 0.938 bits per heavy atom. The minimum absolute atomic E-state index is 0.241. The van der Waals surface area contributed by atoms with Crippen LogP contribution < -0.4 is 0 Å². The van der Waals surface area contributed by atoms with Crippen molar-refractivity contribution in [3.8, 4) is 0 Å². The maximum atomic E-state index is 5.73. The number of hydrogen-bond donors (Lipinski definition) is 0. The molecule has 0 saturated heterocycles. The van der Waals surface area contributed by atoms with Gasteiger partial charge in [0.2, 0.25) is 0 Å². The molecule has 0 bridgehead atoms. The van der Waals surface area contributed by atoms with Gasteiger partial charge in [-0.2, -0.15) is 0 Å². The van der Waals surface area contributed by atoms with Crippen molar-refractivity contribution in [1.29, 1.82) is 0 Å². The molecule has 2 aromatic carbocycles. The van der Waals surface area contributed by atoms with E-state index in [0.29, 0.717) is 0 Å². The van der Waals surface area contributed by atoms with E-state index in [9.17, 15) is 0 Å². The molecule has 0 aliphatic carbocycles. The molecule has 0 heterocycles. The summed E-state index contributed by atoms with van der Waals surface area (Å²) in [6, 6.07) is 14.9. The molecular weight excluding hydrogens is 239 g/mol. The smallest absolute Gasteiger partial charge is 0.105 e. The number of hydrogen-bond acceptors (Lipinski definition) is 0. The lowest BCUT2D eigenvalue weighted by atomic mass is 10.0. The Labute approximate surface area is 106 Å². The average Bonchev–Trinajstić information content (AvgIpc) is 2.29. The van der Waals surface area contributed by atoms with Crippen LogP contribution in [0, 0.1) is 0 Å². The fraction of sp³-hybridized carbons (Fsp3) is 0.286. The summed E-state index contributed by atoms with van der Waals surface area (Å²) in [5, 5.41) is 2.64. The molecule has 0 unspecified atom stereocenters. The Bertz CT molecular complexity index is 458. The van der Waals surface area contributed by atoms with Gasteiger partial charge in [0.1, 0.15) is 4.84 Å². The number of rotatable bonds is 4. The summed E-state index contributed by atoms with van der Waals surface area (Å²) < 4.78 is 0. The van der Waals surface area contributed by atoms with Crippen molar-refractivity contribution in [2.24, 2.45) is 0 Å². The Kier molecular flexibility index (Phi) is 4.09. The van der Waals surface area contributed by atoms with E-state index in [1.54, 1.807) is 0 Å². The Balaban J connectivity index is 2.17. The SMILES string of the molecule is ClC(Cl)CCCc1cccc2ccccc12. The van der Waals surface area contributed by atoms with Crippen LogP contribution >= 0.6 is 23.2 Å². The van der Waals surface area contributed by atoms with Gasteiger partial charge >= 0.3 is 0 Å². The molecule has 0 amide bonds. The van der Waals surface area contributed by atoms with E-state index in [-0.39, 0.29) is 4.84 Å². The second kappa shape index (κ2) is 5.56. The van der Waals surface area contributed by atoms with Crippen LogP contribution in [0.2, 0.25) is 0 Å². The monoisotopic (exact) mass is 252 g/mol. The number of alkyl halides is 2. The lowest BCUT2D eigenvalue weighted by Gasteiger charge is -2.06. The first kappa shape index (κ1) is 11.8. The van der Waals surface area contributed by atoms with E-state index in [2.05, 4.69) is 42.5 Å². The molecule has 2 aromatic rings. The minimum Gasteiger partial charge on any atom is -0.105 e. The molecule has 0 atom stereocenters. The fourth-order valence-electron chi connectivity index (χ4n) is 1.96. The molecule has 0 nitrogen and oxygen atoms in total. The predicted molar refractivity (Wildman–Crippen MR) is 72.4 cm³/mol. The summed E-state index contributed by atoms with van der Waals surface area (Å²) in [6.45, 7) is 0. The lowest BCUT2D eigenvalue weighted by Crippen LogP contribution is -1.91. The van der Waals surface area contributed by atoms with Crippen molar-refractivity contribution in [3.05, 3.63) is 48.0 Å². The van der Waals surface area contributed by atoms with Gasteiger partial charge in [-0.3, -0.25) is 0 Å². The molecule has 16 heavy (non-hydrogen) atoms. The zero-order valence-corrected chi connectivity index (χ0v) is 10.5. The normalized spacial score (nSPS) is 11.2. The highest BCUT2D eigenvalue weighted by Crippen LogP contribution is 2.21. The lowest BCUT2D eigenvalue weighted by molar-refractivity contribution is 0.781. The third-order valence-electron chi connectivity index (χ3n) is 2.75. The third-order valence-corrected chi connectivity index (χ3v) is 3.18. The summed E-state index contributed by atoms with van der Waals surface area (Å²) in [5.74, 6) is 0. The largest absolute Gasteiger partial charge is 0.107 e. The van der Waals surface area contributed by atoms with Crippen molar-refractivity contribution >= 4 is 34.0 Å². The number of aryl methyl sites for hydroxylation is 1. The van der Waals surface area contributed by atoms with Gasteiger partial charge in [-0.25, -0.2) is 0 Å². The zero-order valence-electron chi connectivity index (χ0n) is 9.00.